The number of carbonyl (C=O) groups is 4. The van der Waals surface area contributed by atoms with Gasteiger partial charge in [-0.1, -0.05) is 52.0 Å². The molecule has 3 fully saturated rings. The average molecular weight is 793 g/mol. The quantitative estimate of drug-likeness (QED) is 0.153. The molecule has 58 heavy (non-hydrogen) atoms. The number of ether oxygens (including phenoxy) is 3. The number of hydrogen-bond acceptors (Lipinski definition) is 9. The van der Waals surface area contributed by atoms with Gasteiger partial charge in [-0.15, -0.1) is 0 Å². The number of nitrogens with one attached hydrogen (secondary N) is 4. The molecule has 4 aliphatic rings. The van der Waals surface area contributed by atoms with Gasteiger partial charge in [-0.05, 0) is 83.0 Å². The minimum absolute atomic E-state index is 0.117. The predicted molar refractivity (Wildman–Crippen MR) is 214 cm³/mol. The van der Waals surface area contributed by atoms with Crippen LogP contribution < -0.4 is 10.6 Å². The molecule has 2 aromatic heterocycles. The molecule has 15 nitrogen and oxygen atoms in total. The predicted octanol–water partition coefficient (Wildman–Crippen LogP) is 5.85. The summed E-state index contributed by atoms with van der Waals surface area (Å²) in [5.41, 5.74) is 8.17. The normalized spacial score (nSPS) is 20.1. The molecule has 4 N–H and O–H groups in total. The number of benzene rings is 2. The van der Waals surface area contributed by atoms with Gasteiger partial charge in [-0.3, -0.25) is 9.59 Å². The Bertz CT molecular complexity index is 2070. The number of H-pyrrole nitrogens is 2. The van der Waals surface area contributed by atoms with Crippen molar-refractivity contribution in [2.75, 3.05) is 40.5 Å². The van der Waals surface area contributed by atoms with Crippen LogP contribution in [0, 0.1) is 11.8 Å². The molecular formula is C43H52N8O7. The standard InChI is InChI=1S/C43H52N8O7/c1-23(2)35(48-41(54)56-5)39(52)50-15-7-9-33(50)37-44-19-31(46-37)25-11-13-27-28-14-12-26(18-30(28)43(21-58-22-43)29(27)17-25)32-20-45-38(47-32)34-10-8-16-51(34)40(53)36(24(3)4)49-42(55)57-6/h11-14,17-20,23-24,33-36H,7-10,15-16,21-22H2,1-6H3,(H,44,46)(H,45,47)(H,48,54)(H,49,55)/t33-,34-,35-,36-/m0/s1. The van der Waals surface area contributed by atoms with Gasteiger partial charge in [0.1, 0.15) is 23.7 Å². The molecule has 4 atom stereocenters. The van der Waals surface area contributed by atoms with E-state index in [4.69, 9.17) is 24.2 Å². The van der Waals surface area contributed by atoms with Gasteiger partial charge in [-0.25, -0.2) is 19.6 Å². The van der Waals surface area contributed by atoms with Crippen LogP contribution in [0.4, 0.5) is 9.59 Å². The number of hydrogen-bond donors (Lipinski definition) is 4. The molecule has 306 valence electrons. The Labute approximate surface area is 337 Å². The molecule has 1 spiro atoms. The van der Waals surface area contributed by atoms with Gasteiger partial charge in [0, 0.05) is 13.1 Å². The fourth-order valence-electron chi connectivity index (χ4n) is 9.14. The second-order valence-electron chi connectivity index (χ2n) is 16.6. The molecule has 0 bridgehead atoms. The number of carbonyl (C=O) groups excluding carboxylic acids is 4. The lowest BCUT2D eigenvalue weighted by Crippen LogP contribution is -2.51. The SMILES string of the molecule is COC(=O)N[C@H](C(=O)N1CCC[C@H]1c1ncc(-c2ccc3c(c2)C2(COC2)c2cc(-c4cnc([C@@H]5CCCN5C(=O)[C@@H](NC(=O)OC)C(C)C)[nH]4)ccc2-3)[nH]1)C(C)C. The van der Waals surface area contributed by atoms with Crippen molar-refractivity contribution in [3.63, 3.8) is 0 Å². The van der Waals surface area contributed by atoms with Crippen LogP contribution in [-0.4, -0.2) is 106 Å². The number of likely N-dealkylation sites (tertiary alicyclic amines) is 2. The number of fused-ring (bicyclic) bond motifs is 5. The zero-order chi connectivity index (χ0) is 40.9. The van der Waals surface area contributed by atoms with E-state index in [-0.39, 0.29) is 41.1 Å². The van der Waals surface area contributed by atoms with Crippen molar-refractivity contribution in [2.24, 2.45) is 11.8 Å². The number of imidazole rings is 2. The molecular weight excluding hydrogens is 741 g/mol. The maximum atomic E-state index is 13.7. The highest BCUT2D eigenvalue weighted by molar-refractivity contribution is 5.88. The Morgan fingerprint density at radius 2 is 1.16 bits per heavy atom. The van der Waals surface area contributed by atoms with Crippen molar-refractivity contribution in [2.45, 2.75) is 83.0 Å². The van der Waals surface area contributed by atoms with Crippen LogP contribution in [0.1, 0.15) is 88.2 Å². The van der Waals surface area contributed by atoms with Crippen molar-refractivity contribution < 1.29 is 33.4 Å². The second-order valence-corrected chi connectivity index (χ2v) is 16.6. The van der Waals surface area contributed by atoms with E-state index in [1.165, 1.54) is 36.5 Å². The van der Waals surface area contributed by atoms with Crippen LogP contribution in [0.3, 0.4) is 0 Å². The van der Waals surface area contributed by atoms with Crippen molar-refractivity contribution in [3.8, 4) is 33.6 Å². The van der Waals surface area contributed by atoms with E-state index in [9.17, 15) is 19.2 Å². The van der Waals surface area contributed by atoms with Crippen molar-refractivity contribution in [1.29, 1.82) is 0 Å². The first-order valence-electron chi connectivity index (χ1n) is 20.2. The van der Waals surface area contributed by atoms with E-state index in [0.717, 1.165) is 59.8 Å². The number of aromatic amines is 2. The second kappa shape index (κ2) is 15.6. The van der Waals surface area contributed by atoms with Gasteiger partial charge in [0.15, 0.2) is 0 Å². The van der Waals surface area contributed by atoms with Crippen LogP contribution >= 0.6 is 0 Å². The van der Waals surface area contributed by atoms with Crippen molar-refractivity contribution in [3.05, 3.63) is 71.6 Å². The molecule has 4 amide bonds. The summed E-state index contributed by atoms with van der Waals surface area (Å²) in [5.74, 6) is 0.918. The summed E-state index contributed by atoms with van der Waals surface area (Å²) in [6.07, 6.45) is 5.63. The molecule has 0 unspecified atom stereocenters. The summed E-state index contributed by atoms with van der Waals surface area (Å²) in [6.45, 7) is 9.91. The number of alkyl carbamates (subject to hydrolysis) is 2. The van der Waals surface area contributed by atoms with Crippen LogP contribution in [0.25, 0.3) is 33.6 Å². The van der Waals surface area contributed by atoms with E-state index >= 15 is 0 Å². The Hall–Kier alpha value is -5.70. The Morgan fingerprint density at radius 1 is 0.724 bits per heavy atom. The summed E-state index contributed by atoms with van der Waals surface area (Å²) >= 11 is 0. The highest BCUT2D eigenvalue weighted by atomic mass is 16.5. The Balaban J connectivity index is 1.02. The Morgan fingerprint density at radius 3 is 1.52 bits per heavy atom. The van der Waals surface area contributed by atoms with Gasteiger partial charge >= 0.3 is 12.2 Å². The molecule has 3 aliphatic heterocycles. The zero-order valence-corrected chi connectivity index (χ0v) is 33.9. The molecule has 3 saturated heterocycles. The van der Waals surface area contributed by atoms with Crippen LogP contribution in [0.15, 0.2) is 48.8 Å². The lowest BCUT2D eigenvalue weighted by Gasteiger charge is -2.40. The first-order chi connectivity index (χ1) is 27.9. The van der Waals surface area contributed by atoms with Gasteiger partial charge in [-0.2, -0.15) is 0 Å². The first kappa shape index (κ1) is 39.1. The van der Waals surface area contributed by atoms with Gasteiger partial charge in [0.05, 0.1) is 68.7 Å². The third-order valence-corrected chi connectivity index (χ3v) is 12.4. The highest BCUT2D eigenvalue weighted by Gasteiger charge is 2.49. The smallest absolute Gasteiger partial charge is 0.407 e. The minimum Gasteiger partial charge on any atom is -0.453 e. The highest BCUT2D eigenvalue weighted by Crippen LogP contribution is 2.54. The van der Waals surface area contributed by atoms with Crippen molar-refractivity contribution >= 4 is 24.0 Å². The number of amides is 4. The lowest BCUT2D eigenvalue weighted by atomic mass is 9.75. The molecule has 8 rings (SSSR count). The monoisotopic (exact) mass is 792 g/mol. The molecule has 2 aromatic carbocycles. The lowest BCUT2D eigenvalue weighted by molar-refractivity contribution is -0.136. The Kier molecular flexibility index (Phi) is 10.5. The average Bonchev–Trinajstić information content (AvgIpc) is 4.05. The first-order valence-corrected chi connectivity index (χ1v) is 20.2. The van der Waals surface area contributed by atoms with Gasteiger partial charge < -0.3 is 44.6 Å². The third-order valence-electron chi connectivity index (χ3n) is 12.4. The summed E-state index contributed by atoms with van der Waals surface area (Å²) in [5, 5.41) is 5.43. The number of rotatable bonds is 10. The maximum absolute atomic E-state index is 13.7. The fraction of sp³-hybridized carbons (Fsp3) is 0.488. The van der Waals surface area contributed by atoms with E-state index in [1.807, 2.05) is 49.9 Å². The van der Waals surface area contributed by atoms with E-state index in [1.54, 1.807) is 0 Å². The largest absolute Gasteiger partial charge is 0.453 e. The van der Waals surface area contributed by atoms with Crippen LogP contribution in [-0.2, 0) is 29.2 Å². The fourth-order valence-corrected chi connectivity index (χ4v) is 9.14. The molecule has 0 radical (unpaired) electrons. The number of aromatic nitrogens is 4. The van der Waals surface area contributed by atoms with E-state index < -0.39 is 24.3 Å². The minimum atomic E-state index is -0.702. The van der Waals surface area contributed by atoms with Crippen LogP contribution in [0.5, 0.6) is 0 Å². The summed E-state index contributed by atoms with van der Waals surface area (Å²) in [7, 11) is 2.59. The number of nitrogens with zero attached hydrogens (tertiary/aromatic N) is 4. The van der Waals surface area contributed by atoms with Crippen molar-refractivity contribution in [1.82, 2.24) is 40.4 Å². The summed E-state index contributed by atoms with van der Waals surface area (Å²) in [6, 6.07) is 11.2. The molecule has 1 aliphatic carbocycles. The third kappa shape index (κ3) is 6.78. The molecule has 15 heteroatoms. The van der Waals surface area contributed by atoms with Crippen LogP contribution in [0.2, 0.25) is 0 Å². The number of methoxy groups -OCH3 is 2. The molecule has 0 saturated carbocycles. The van der Waals surface area contributed by atoms with Gasteiger partial charge in [0.25, 0.3) is 0 Å². The summed E-state index contributed by atoms with van der Waals surface area (Å²) < 4.78 is 15.5. The van der Waals surface area contributed by atoms with Gasteiger partial charge in [0.2, 0.25) is 11.8 Å². The van der Waals surface area contributed by atoms with E-state index in [2.05, 4.69) is 57.0 Å². The summed E-state index contributed by atoms with van der Waals surface area (Å²) in [4.78, 5) is 71.8. The zero-order valence-electron chi connectivity index (χ0n) is 33.9. The molecule has 4 aromatic rings. The van der Waals surface area contributed by atoms with E-state index in [0.29, 0.717) is 26.3 Å². The molecule has 5 heterocycles. The topological polar surface area (TPSA) is 184 Å². The maximum Gasteiger partial charge on any atom is 0.407 e.